The van der Waals surface area contributed by atoms with E-state index in [1.807, 2.05) is 61.9 Å². The van der Waals surface area contributed by atoms with Gasteiger partial charge in [0, 0.05) is 54.2 Å². The Morgan fingerprint density at radius 2 is 1.78 bits per heavy atom. The molecule has 2 atom stereocenters. The highest BCUT2D eigenvalue weighted by atomic mass is 19.1. The summed E-state index contributed by atoms with van der Waals surface area (Å²) in [6.45, 7) is 6.58. The number of hydrogen-bond acceptors (Lipinski definition) is 3. The highest BCUT2D eigenvalue weighted by molar-refractivity contribution is 5.88. The molecule has 1 amide bonds. The zero-order chi connectivity index (χ0) is 25.8. The Morgan fingerprint density at radius 1 is 1.03 bits per heavy atom. The summed E-state index contributed by atoms with van der Waals surface area (Å²) < 4.78 is 16.3. The molecule has 0 aliphatic carbocycles. The molecule has 1 heterocycles. The maximum atomic E-state index is 14.3. The van der Waals surface area contributed by atoms with E-state index in [9.17, 15) is 19.3 Å². The van der Waals surface area contributed by atoms with Crippen LogP contribution in [0, 0.1) is 21.8 Å². The van der Waals surface area contributed by atoms with Crippen molar-refractivity contribution in [1.82, 2.24) is 9.88 Å². The molecule has 0 radical (unpaired) electrons. The van der Waals surface area contributed by atoms with Gasteiger partial charge in [-0.15, -0.1) is 0 Å². The number of aromatic nitrogens is 1. The maximum Gasteiger partial charge on any atom is 0.270 e. The fraction of sp³-hybridized carbons (Fsp3) is 0.276. The van der Waals surface area contributed by atoms with Gasteiger partial charge in [-0.1, -0.05) is 56.3 Å². The molecule has 0 saturated heterocycles. The van der Waals surface area contributed by atoms with Crippen molar-refractivity contribution < 1.29 is 14.1 Å². The lowest BCUT2D eigenvalue weighted by atomic mass is 9.87. The number of fused-ring (bicyclic) bond motifs is 1. The third-order valence-electron chi connectivity index (χ3n) is 6.71. The molecular formula is C29H30FN3O3. The zero-order valence-corrected chi connectivity index (χ0v) is 20.6. The van der Waals surface area contributed by atoms with Crippen molar-refractivity contribution >= 4 is 22.5 Å². The second-order valence-corrected chi connectivity index (χ2v) is 9.57. The van der Waals surface area contributed by atoms with E-state index in [4.69, 9.17) is 0 Å². The van der Waals surface area contributed by atoms with E-state index in [1.54, 1.807) is 24.3 Å². The number of carbonyl (C=O) groups excluding carboxylic acids is 1. The number of amides is 1. The van der Waals surface area contributed by atoms with Crippen LogP contribution in [-0.2, 0) is 11.3 Å². The molecule has 0 fully saturated rings. The zero-order valence-electron chi connectivity index (χ0n) is 20.6. The molecule has 0 saturated carbocycles. The fourth-order valence-electron chi connectivity index (χ4n) is 4.41. The normalized spacial score (nSPS) is 13.0. The number of halogens is 1. The lowest BCUT2D eigenvalue weighted by Crippen LogP contribution is -2.36. The van der Waals surface area contributed by atoms with Gasteiger partial charge in [0.15, 0.2) is 0 Å². The second kappa shape index (κ2) is 10.7. The van der Waals surface area contributed by atoms with E-state index in [-0.39, 0.29) is 30.0 Å². The Morgan fingerprint density at radius 3 is 2.44 bits per heavy atom. The minimum atomic E-state index is -0.485. The van der Waals surface area contributed by atoms with E-state index in [1.165, 1.54) is 18.2 Å². The van der Waals surface area contributed by atoms with Crippen LogP contribution in [0.1, 0.15) is 49.8 Å². The Hall–Kier alpha value is -4.00. The SMILES string of the molecule is CC(C)[C@H](C)NC(=O)C[C@H](c1cccc(F)c1)c1cn(Cc2ccccc2)c2ccc([N+](=O)[O-])cc12. The molecule has 0 aliphatic heterocycles. The lowest BCUT2D eigenvalue weighted by molar-refractivity contribution is -0.384. The fourth-order valence-corrected chi connectivity index (χ4v) is 4.41. The standard InChI is InChI=1S/C29H30FN3O3/c1-19(2)20(3)31-29(34)16-25(22-10-7-11-23(30)14-22)27-18-32(17-21-8-5-4-6-9-21)28-13-12-24(33(35)36)15-26(27)28/h4-15,18-20,25H,16-17H2,1-3H3,(H,31,34)/t20-,25+/m0/s1. The van der Waals surface area contributed by atoms with Crippen LogP contribution in [0.4, 0.5) is 10.1 Å². The number of rotatable bonds is 9. The van der Waals surface area contributed by atoms with Gasteiger partial charge in [-0.05, 0) is 47.7 Å². The monoisotopic (exact) mass is 487 g/mol. The first-order chi connectivity index (χ1) is 17.2. The highest BCUT2D eigenvalue weighted by Gasteiger charge is 2.25. The van der Waals surface area contributed by atoms with Gasteiger partial charge in [0.2, 0.25) is 5.91 Å². The quantitative estimate of drug-likeness (QED) is 0.219. The molecule has 1 aromatic heterocycles. The topological polar surface area (TPSA) is 77.2 Å². The molecule has 3 aromatic carbocycles. The predicted molar refractivity (Wildman–Crippen MR) is 139 cm³/mol. The number of hydrogen-bond donors (Lipinski definition) is 1. The predicted octanol–water partition coefficient (Wildman–Crippen LogP) is 6.42. The summed E-state index contributed by atoms with van der Waals surface area (Å²) in [5.41, 5.74) is 3.26. The van der Waals surface area contributed by atoms with Crippen molar-refractivity contribution in [1.29, 1.82) is 0 Å². The van der Waals surface area contributed by atoms with Crippen LogP contribution >= 0.6 is 0 Å². The molecule has 186 valence electrons. The van der Waals surface area contributed by atoms with Crippen molar-refractivity contribution in [3.8, 4) is 0 Å². The Labute approximate surface area is 209 Å². The summed E-state index contributed by atoms with van der Waals surface area (Å²) in [6.07, 6.45) is 2.03. The summed E-state index contributed by atoms with van der Waals surface area (Å²) in [6, 6.07) is 20.9. The van der Waals surface area contributed by atoms with Gasteiger partial charge >= 0.3 is 0 Å². The van der Waals surface area contributed by atoms with Crippen LogP contribution in [-0.4, -0.2) is 21.4 Å². The first kappa shape index (κ1) is 25.1. The average molecular weight is 488 g/mol. The summed E-state index contributed by atoms with van der Waals surface area (Å²) in [5, 5.41) is 15.3. The van der Waals surface area contributed by atoms with Crippen LogP contribution in [0.2, 0.25) is 0 Å². The molecule has 0 unspecified atom stereocenters. The molecular weight excluding hydrogens is 457 g/mol. The molecule has 0 spiro atoms. The van der Waals surface area contributed by atoms with E-state index >= 15 is 0 Å². The number of nitro benzene ring substituents is 1. The highest BCUT2D eigenvalue weighted by Crippen LogP contribution is 2.37. The van der Waals surface area contributed by atoms with Gasteiger partial charge in [-0.25, -0.2) is 4.39 Å². The van der Waals surface area contributed by atoms with Crippen molar-refractivity contribution in [2.75, 3.05) is 0 Å². The summed E-state index contributed by atoms with van der Waals surface area (Å²) in [4.78, 5) is 24.3. The summed E-state index contributed by atoms with van der Waals surface area (Å²) >= 11 is 0. The second-order valence-electron chi connectivity index (χ2n) is 9.57. The van der Waals surface area contributed by atoms with Crippen LogP contribution in [0.15, 0.2) is 79.0 Å². The molecule has 1 N–H and O–H groups in total. The van der Waals surface area contributed by atoms with E-state index in [2.05, 4.69) is 5.32 Å². The van der Waals surface area contributed by atoms with Gasteiger partial charge in [0.05, 0.1) is 4.92 Å². The molecule has 6 nitrogen and oxygen atoms in total. The molecule has 4 rings (SSSR count). The Kier molecular flexibility index (Phi) is 7.48. The number of nitro groups is 1. The largest absolute Gasteiger partial charge is 0.353 e. The first-order valence-electron chi connectivity index (χ1n) is 12.1. The maximum absolute atomic E-state index is 14.3. The van der Waals surface area contributed by atoms with Crippen molar-refractivity contribution in [2.24, 2.45) is 5.92 Å². The van der Waals surface area contributed by atoms with Crippen LogP contribution < -0.4 is 5.32 Å². The lowest BCUT2D eigenvalue weighted by Gasteiger charge is -2.21. The Balaban J connectivity index is 1.85. The molecule has 7 heteroatoms. The Bertz CT molecular complexity index is 1380. The van der Waals surface area contributed by atoms with Gasteiger partial charge in [-0.3, -0.25) is 14.9 Å². The van der Waals surface area contributed by atoms with Crippen molar-refractivity contribution in [3.63, 3.8) is 0 Å². The van der Waals surface area contributed by atoms with E-state index in [0.717, 1.165) is 16.6 Å². The number of nitrogens with zero attached hydrogens (tertiary/aromatic N) is 2. The van der Waals surface area contributed by atoms with E-state index < -0.39 is 16.7 Å². The van der Waals surface area contributed by atoms with Gasteiger partial charge in [0.25, 0.3) is 5.69 Å². The third-order valence-corrected chi connectivity index (χ3v) is 6.71. The molecule has 0 bridgehead atoms. The molecule has 0 aliphatic rings. The van der Waals surface area contributed by atoms with Crippen LogP contribution in [0.5, 0.6) is 0 Å². The first-order valence-corrected chi connectivity index (χ1v) is 12.1. The van der Waals surface area contributed by atoms with Gasteiger partial charge < -0.3 is 9.88 Å². The summed E-state index contributed by atoms with van der Waals surface area (Å²) in [5.74, 6) is -0.772. The van der Waals surface area contributed by atoms with Crippen LogP contribution in [0.25, 0.3) is 10.9 Å². The number of carbonyl (C=O) groups is 1. The van der Waals surface area contributed by atoms with Crippen LogP contribution in [0.3, 0.4) is 0 Å². The third kappa shape index (κ3) is 5.62. The molecule has 36 heavy (non-hydrogen) atoms. The van der Waals surface area contributed by atoms with Gasteiger partial charge in [-0.2, -0.15) is 0 Å². The smallest absolute Gasteiger partial charge is 0.270 e. The minimum absolute atomic E-state index is 0.0221. The number of non-ortho nitro benzene ring substituents is 1. The van der Waals surface area contributed by atoms with E-state index in [0.29, 0.717) is 17.5 Å². The molecule has 4 aromatic rings. The number of benzene rings is 3. The van der Waals surface area contributed by atoms with Crippen molar-refractivity contribution in [3.05, 3.63) is 112 Å². The summed E-state index contributed by atoms with van der Waals surface area (Å²) in [7, 11) is 0. The minimum Gasteiger partial charge on any atom is -0.353 e. The van der Waals surface area contributed by atoms with Crippen molar-refractivity contribution in [2.45, 2.75) is 45.7 Å². The average Bonchev–Trinajstić information content (AvgIpc) is 3.20. The van der Waals surface area contributed by atoms with Gasteiger partial charge in [0.1, 0.15) is 5.82 Å². The number of nitrogens with one attached hydrogen (secondary N) is 1.